The molecule has 0 atom stereocenters. The summed E-state index contributed by atoms with van der Waals surface area (Å²) in [6.45, 7) is 7.90. The summed E-state index contributed by atoms with van der Waals surface area (Å²) in [7, 11) is 3.28. The molecule has 0 aliphatic rings. The number of furan rings is 1. The molecular formula is C29H29NO4. The average Bonchev–Trinajstić information content (AvgIpc) is 3.22. The van der Waals surface area contributed by atoms with Gasteiger partial charge in [0.15, 0.2) is 0 Å². The molecule has 0 radical (unpaired) electrons. The Hall–Kier alpha value is -3.99. The van der Waals surface area contributed by atoms with Crippen molar-refractivity contribution in [2.24, 2.45) is 0 Å². The Balaban J connectivity index is 1.76. The summed E-state index contributed by atoms with van der Waals surface area (Å²) >= 11 is 0. The highest BCUT2D eigenvalue weighted by Crippen LogP contribution is 2.41. The molecule has 5 nitrogen and oxygen atoms in total. The number of carbonyl (C=O) groups excluding carboxylic acids is 1. The third-order valence-corrected chi connectivity index (χ3v) is 5.89. The van der Waals surface area contributed by atoms with E-state index in [-0.39, 0.29) is 5.91 Å². The summed E-state index contributed by atoms with van der Waals surface area (Å²) in [4.78, 5) is 12.8. The molecular weight excluding hydrogens is 426 g/mol. The average molecular weight is 456 g/mol. The van der Waals surface area contributed by atoms with E-state index in [0.29, 0.717) is 5.75 Å². The number of benzene rings is 3. The van der Waals surface area contributed by atoms with Crippen molar-refractivity contribution in [2.45, 2.75) is 27.7 Å². The number of nitrogens with one attached hydrogen (secondary N) is 1. The van der Waals surface area contributed by atoms with Crippen LogP contribution < -0.4 is 14.8 Å². The maximum atomic E-state index is 12.8. The number of rotatable bonds is 6. The van der Waals surface area contributed by atoms with Crippen molar-refractivity contribution in [3.63, 3.8) is 0 Å². The first-order valence-electron chi connectivity index (χ1n) is 11.1. The van der Waals surface area contributed by atoms with Gasteiger partial charge in [-0.25, -0.2) is 0 Å². The molecule has 174 valence electrons. The van der Waals surface area contributed by atoms with Crippen LogP contribution in [-0.4, -0.2) is 20.1 Å². The number of allylic oxidation sites excluding steroid dienone is 1. The van der Waals surface area contributed by atoms with E-state index < -0.39 is 0 Å². The number of anilines is 1. The van der Waals surface area contributed by atoms with Crippen LogP contribution in [0, 0.1) is 20.8 Å². The van der Waals surface area contributed by atoms with Gasteiger partial charge < -0.3 is 19.2 Å². The van der Waals surface area contributed by atoms with E-state index >= 15 is 0 Å². The van der Waals surface area contributed by atoms with Crippen LogP contribution in [-0.2, 0) is 4.79 Å². The van der Waals surface area contributed by atoms with Crippen LogP contribution in [0.4, 0.5) is 5.69 Å². The molecule has 0 spiro atoms. The second kappa shape index (κ2) is 9.48. The number of carbonyl (C=O) groups is 1. The molecule has 3 aromatic carbocycles. The van der Waals surface area contributed by atoms with Gasteiger partial charge in [-0.1, -0.05) is 18.2 Å². The van der Waals surface area contributed by atoms with E-state index in [1.807, 2.05) is 70.2 Å². The Morgan fingerprint density at radius 3 is 2.38 bits per heavy atom. The van der Waals surface area contributed by atoms with Crippen molar-refractivity contribution in [2.75, 3.05) is 19.5 Å². The van der Waals surface area contributed by atoms with Gasteiger partial charge in [-0.3, -0.25) is 4.79 Å². The molecule has 0 aliphatic carbocycles. The van der Waals surface area contributed by atoms with Gasteiger partial charge in [0.1, 0.15) is 17.1 Å². The Morgan fingerprint density at radius 1 is 0.971 bits per heavy atom. The number of aryl methyl sites for hydroxylation is 3. The van der Waals surface area contributed by atoms with Crippen molar-refractivity contribution in [3.05, 3.63) is 83.1 Å². The Labute approximate surface area is 200 Å². The summed E-state index contributed by atoms with van der Waals surface area (Å²) in [6.07, 6.45) is 3.35. The molecule has 0 saturated carbocycles. The van der Waals surface area contributed by atoms with Gasteiger partial charge in [0.25, 0.3) is 0 Å². The summed E-state index contributed by atoms with van der Waals surface area (Å²) in [6, 6.07) is 15.9. The fourth-order valence-corrected chi connectivity index (χ4v) is 4.39. The minimum absolute atomic E-state index is 0.192. The van der Waals surface area contributed by atoms with Gasteiger partial charge >= 0.3 is 0 Å². The Morgan fingerprint density at radius 2 is 1.71 bits per heavy atom. The quantitative estimate of drug-likeness (QED) is 0.316. The SMILES string of the molecule is COc1cccc(-c2coc3c(C)c(OC)c(/C(C)=C/C(=O)Nc4cc(C)cc(C)c4)cc23)c1. The molecule has 0 aliphatic heterocycles. The minimum atomic E-state index is -0.192. The van der Waals surface area contributed by atoms with Crippen LogP contribution >= 0.6 is 0 Å². The topological polar surface area (TPSA) is 60.7 Å². The smallest absolute Gasteiger partial charge is 0.248 e. The lowest BCUT2D eigenvalue weighted by Gasteiger charge is -2.13. The third-order valence-electron chi connectivity index (χ3n) is 5.89. The lowest BCUT2D eigenvalue weighted by molar-refractivity contribution is -0.111. The van der Waals surface area contributed by atoms with Gasteiger partial charge in [-0.2, -0.15) is 0 Å². The summed E-state index contributed by atoms with van der Waals surface area (Å²) in [5.41, 5.74) is 8.19. The minimum Gasteiger partial charge on any atom is -0.497 e. The molecule has 1 amide bonds. The first-order chi connectivity index (χ1) is 16.3. The lowest BCUT2D eigenvalue weighted by Crippen LogP contribution is -2.09. The van der Waals surface area contributed by atoms with Crippen molar-refractivity contribution in [1.29, 1.82) is 0 Å². The highest BCUT2D eigenvalue weighted by atomic mass is 16.5. The number of methoxy groups -OCH3 is 2. The number of amides is 1. The van der Waals surface area contributed by atoms with Gasteiger partial charge in [0.2, 0.25) is 5.91 Å². The van der Waals surface area contributed by atoms with Crippen LogP contribution in [0.2, 0.25) is 0 Å². The molecule has 0 saturated heterocycles. The predicted octanol–water partition coefficient (Wildman–Crippen LogP) is 7.08. The van der Waals surface area contributed by atoms with Gasteiger partial charge in [-0.15, -0.1) is 0 Å². The standard InChI is InChI=1S/C29H29NO4/c1-17-10-18(2)12-22(11-17)30-27(31)13-19(3)24-15-25-26(21-8-7-9-23(14-21)32-5)16-34-29(25)20(4)28(24)33-6/h7-16H,1-6H3,(H,30,31)/b19-13+. The monoisotopic (exact) mass is 455 g/mol. The second-order valence-corrected chi connectivity index (χ2v) is 8.53. The van der Waals surface area contributed by atoms with Gasteiger partial charge in [0.05, 0.1) is 20.5 Å². The molecule has 0 fully saturated rings. The third kappa shape index (κ3) is 4.55. The molecule has 1 aromatic heterocycles. The van der Waals surface area contributed by atoms with E-state index in [1.165, 1.54) is 0 Å². The van der Waals surface area contributed by atoms with E-state index in [4.69, 9.17) is 13.9 Å². The van der Waals surface area contributed by atoms with Crippen LogP contribution in [0.5, 0.6) is 11.5 Å². The summed E-state index contributed by atoms with van der Waals surface area (Å²) in [5, 5.41) is 3.92. The largest absolute Gasteiger partial charge is 0.497 e. The highest BCUT2D eigenvalue weighted by molar-refractivity contribution is 6.06. The van der Waals surface area contributed by atoms with E-state index in [1.54, 1.807) is 26.6 Å². The Kier molecular flexibility index (Phi) is 6.46. The van der Waals surface area contributed by atoms with E-state index in [9.17, 15) is 4.79 Å². The molecule has 0 unspecified atom stereocenters. The second-order valence-electron chi connectivity index (χ2n) is 8.53. The van der Waals surface area contributed by atoms with Gasteiger partial charge in [0, 0.05) is 33.8 Å². The Bertz CT molecular complexity index is 1390. The number of fused-ring (bicyclic) bond motifs is 1. The maximum absolute atomic E-state index is 12.8. The van der Waals surface area contributed by atoms with Crippen LogP contribution in [0.25, 0.3) is 27.7 Å². The zero-order valence-corrected chi connectivity index (χ0v) is 20.4. The summed E-state index contributed by atoms with van der Waals surface area (Å²) in [5.74, 6) is 1.27. The first kappa shape index (κ1) is 23.2. The van der Waals surface area contributed by atoms with Crippen LogP contribution in [0.1, 0.15) is 29.2 Å². The van der Waals surface area contributed by atoms with E-state index in [2.05, 4.69) is 11.4 Å². The molecule has 4 rings (SSSR count). The zero-order chi connectivity index (χ0) is 24.4. The molecule has 1 N–H and O–H groups in total. The zero-order valence-electron chi connectivity index (χ0n) is 20.4. The molecule has 34 heavy (non-hydrogen) atoms. The fraction of sp³-hybridized carbons (Fsp3) is 0.207. The predicted molar refractivity (Wildman–Crippen MR) is 138 cm³/mol. The molecule has 0 bridgehead atoms. The number of hydrogen-bond donors (Lipinski definition) is 1. The number of ether oxygens (including phenoxy) is 2. The molecule has 5 heteroatoms. The summed E-state index contributed by atoms with van der Waals surface area (Å²) < 4.78 is 17.1. The van der Waals surface area contributed by atoms with Crippen molar-refractivity contribution in [1.82, 2.24) is 0 Å². The lowest BCUT2D eigenvalue weighted by atomic mass is 9.96. The number of hydrogen-bond acceptors (Lipinski definition) is 4. The normalized spacial score (nSPS) is 11.5. The van der Waals surface area contributed by atoms with Crippen LogP contribution in [0.15, 0.2) is 65.3 Å². The van der Waals surface area contributed by atoms with Gasteiger partial charge in [-0.05, 0) is 80.3 Å². The fourth-order valence-electron chi connectivity index (χ4n) is 4.39. The van der Waals surface area contributed by atoms with Crippen molar-refractivity contribution >= 4 is 28.1 Å². The van der Waals surface area contributed by atoms with Crippen LogP contribution in [0.3, 0.4) is 0 Å². The highest BCUT2D eigenvalue weighted by Gasteiger charge is 2.19. The molecule has 1 heterocycles. The maximum Gasteiger partial charge on any atom is 0.248 e. The van der Waals surface area contributed by atoms with Crippen molar-refractivity contribution < 1.29 is 18.7 Å². The van der Waals surface area contributed by atoms with E-state index in [0.717, 1.165) is 61.4 Å². The van der Waals surface area contributed by atoms with Crippen molar-refractivity contribution in [3.8, 4) is 22.6 Å². The first-order valence-corrected chi connectivity index (χ1v) is 11.1. The molecule has 4 aromatic rings.